The van der Waals surface area contributed by atoms with E-state index >= 15 is 0 Å². The molecule has 1 N–H and O–H groups in total. The van der Waals surface area contributed by atoms with Crippen molar-refractivity contribution in [2.75, 3.05) is 12.4 Å². The average molecular weight is 209 g/mol. The van der Waals surface area contributed by atoms with Crippen molar-refractivity contribution < 1.29 is 4.74 Å². The second-order valence-corrected chi connectivity index (χ2v) is 3.82. The van der Waals surface area contributed by atoms with E-state index in [9.17, 15) is 0 Å². The minimum Gasteiger partial charge on any atom is -0.481 e. The molecule has 14 heavy (non-hydrogen) atoms. The number of hydrogen-bond donors (Lipinski definition) is 1. The fourth-order valence-electron chi connectivity index (χ4n) is 1.05. The molecular formula is C11H15NOS. The molecule has 0 heterocycles. The van der Waals surface area contributed by atoms with Gasteiger partial charge in [-0.3, -0.25) is 5.41 Å². The third-order valence-electron chi connectivity index (χ3n) is 1.66. The van der Waals surface area contributed by atoms with Crippen LogP contribution in [0.1, 0.15) is 12.5 Å². The Kier molecular flexibility index (Phi) is 5.15. The van der Waals surface area contributed by atoms with Crippen LogP contribution in [-0.4, -0.2) is 18.3 Å². The third kappa shape index (κ3) is 4.33. The summed E-state index contributed by atoms with van der Waals surface area (Å²) in [5, 5.41) is 7.41. The molecule has 1 aromatic carbocycles. The summed E-state index contributed by atoms with van der Waals surface area (Å²) < 4.78 is 5.04. The van der Waals surface area contributed by atoms with E-state index < -0.39 is 0 Å². The normalized spacial score (nSPS) is 9.79. The molecule has 0 aliphatic heterocycles. The predicted molar refractivity (Wildman–Crippen MR) is 62.0 cm³/mol. The number of thioether (sulfide) groups is 1. The smallest absolute Gasteiger partial charge is 0.190 e. The van der Waals surface area contributed by atoms with E-state index in [0.717, 1.165) is 5.75 Å². The minimum absolute atomic E-state index is 0.369. The second kappa shape index (κ2) is 6.49. The Balaban J connectivity index is 2.19. The Morgan fingerprint density at radius 2 is 2.07 bits per heavy atom. The molecule has 0 unspecified atom stereocenters. The monoisotopic (exact) mass is 209 g/mol. The SMILES string of the molecule is CCOC(=N)CSCc1ccccc1. The maximum atomic E-state index is 7.41. The van der Waals surface area contributed by atoms with Gasteiger partial charge in [0, 0.05) is 5.75 Å². The number of hydrogen-bond acceptors (Lipinski definition) is 3. The summed E-state index contributed by atoms with van der Waals surface area (Å²) in [6.07, 6.45) is 0. The zero-order valence-electron chi connectivity index (χ0n) is 8.32. The van der Waals surface area contributed by atoms with Gasteiger partial charge >= 0.3 is 0 Å². The predicted octanol–water partition coefficient (Wildman–Crippen LogP) is 2.93. The summed E-state index contributed by atoms with van der Waals surface area (Å²) in [5.41, 5.74) is 1.29. The molecule has 0 aliphatic carbocycles. The van der Waals surface area contributed by atoms with E-state index in [1.165, 1.54) is 5.56 Å². The lowest BCUT2D eigenvalue weighted by atomic mass is 10.2. The van der Waals surface area contributed by atoms with E-state index in [1.807, 2.05) is 25.1 Å². The van der Waals surface area contributed by atoms with Crippen molar-refractivity contribution >= 4 is 17.7 Å². The highest BCUT2D eigenvalue weighted by Crippen LogP contribution is 2.11. The molecule has 1 rings (SSSR count). The van der Waals surface area contributed by atoms with Gasteiger partial charge in [-0.25, -0.2) is 0 Å². The standard InChI is InChI=1S/C11H15NOS/c1-2-13-11(12)9-14-8-10-6-4-3-5-7-10/h3-7,12H,2,8-9H2,1H3. The van der Waals surface area contributed by atoms with E-state index in [1.54, 1.807) is 11.8 Å². The van der Waals surface area contributed by atoms with Gasteiger partial charge in [-0.1, -0.05) is 30.3 Å². The highest BCUT2D eigenvalue weighted by Gasteiger charge is 1.97. The van der Waals surface area contributed by atoms with Gasteiger partial charge in [0.1, 0.15) is 0 Å². The fraction of sp³-hybridized carbons (Fsp3) is 0.364. The molecule has 0 radical (unpaired) electrons. The molecule has 0 saturated carbocycles. The summed E-state index contributed by atoms with van der Waals surface area (Å²) >= 11 is 1.70. The first-order valence-electron chi connectivity index (χ1n) is 4.65. The molecular weight excluding hydrogens is 194 g/mol. The lowest BCUT2D eigenvalue weighted by Gasteiger charge is -2.04. The molecule has 0 atom stereocenters. The largest absolute Gasteiger partial charge is 0.481 e. The first-order chi connectivity index (χ1) is 6.83. The average Bonchev–Trinajstić information content (AvgIpc) is 2.20. The molecule has 0 aliphatic rings. The van der Waals surface area contributed by atoms with Gasteiger partial charge in [-0.2, -0.15) is 0 Å². The van der Waals surface area contributed by atoms with Crippen LogP contribution < -0.4 is 0 Å². The van der Waals surface area contributed by atoms with Crippen molar-refractivity contribution in [2.45, 2.75) is 12.7 Å². The Morgan fingerprint density at radius 3 is 2.71 bits per heavy atom. The first-order valence-corrected chi connectivity index (χ1v) is 5.80. The van der Waals surface area contributed by atoms with Crippen LogP contribution >= 0.6 is 11.8 Å². The lowest BCUT2D eigenvalue weighted by molar-refractivity contribution is 0.322. The Bertz CT molecular complexity index is 274. The minimum atomic E-state index is 0.369. The zero-order chi connectivity index (χ0) is 10.2. The van der Waals surface area contributed by atoms with Crippen LogP contribution in [0, 0.1) is 5.41 Å². The van der Waals surface area contributed by atoms with Gasteiger partial charge in [0.05, 0.1) is 12.4 Å². The zero-order valence-corrected chi connectivity index (χ0v) is 9.14. The Morgan fingerprint density at radius 1 is 1.36 bits per heavy atom. The topological polar surface area (TPSA) is 33.1 Å². The van der Waals surface area contributed by atoms with Crippen molar-refractivity contribution in [1.29, 1.82) is 5.41 Å². The maximum Gasteiger partial charge on any atom is 0.190 e. The molecule has 0 amide bonds. The van der Waals surface area contributed by atoms with E-state index in [4.69, 9.17) is 10.1 Å². The summed E-state index contributed by atoms with van der Waals surface area (Å²) in [7, 11) is 0. The van der Waals surface area contributed by atoms with Crippen LogP contribution in [0.2, 0.25) is 0 Å². The van der Waals surface area contributed by atoms with Crippen LogP contribution in [0.5, 0.6) is 0 Å². The molecule has 1 aromatic rings. The van der Waals surface area contributed by atoms with Crippen LogP contribution in [-0.2, 0) is 10.5 Å². The van der Waals surface area contributed by atoms with Crippen molar-refractivity contribution in [3.8, 4) is 0 Å². The van der Waals surface area contributed by atoms with Crippen molar-refractivity contribution in [3.05, 3.63) is 35.9 Å². The van der Waals surface area contributed by atoms with Crippen LogP contribution in [0.25, 0.3) is 0 Å². The van der Waals surface area contributed by atoms with Crippen molar-refractivity contribution in [3.63, 3.8) is 0 Å². The van der Waals surface area contributed by atoms with Crippen LogP contribution in [0.15, 0.2) is 30.3 Å². The highest BCUT2D eigenvalue weighted by molar-refractivity contribution is 7.99. The summed E-state index contributed by atoms with van der Waals surface area (Å²) in [6.45, 7) is 2.49. The van der Waals surface area contributed by atoms with E-state index in [-0.39, 0.29) is 0 Å². The Labute approximate surface area is 89.2 Å². The van der Waals surface area contributed by atoms with Gasteiger partial charge < -0.3 is 4.74 Å². The van der Waals surface area contributed by atoms with Gasteiger partial charge in [-0.05, 0) is 12.5 Å². The number of ether oxygens (including phenoxy) is 1. The van der Waals surface area contributed by atoms with Gasteiger partial charge in [-0.15, -0.1) is 11.8 Å². The number of rotatable bonds is 5. The van der Waals surface area contributed by atoms with Crippen molar-refractivity contribution in [1.82, 2.24) is 0 Å². The van der Waals surface area contributed by atoms with E-state index in [0.29, 0.717) is 18.3 Å². The fourth-order valence-corrected chi connectivity index (χ4v) is 1.85. The first kappa shape index (κ1) is 11.1. The quantitative estimate of drug-likeness (QED) is 0.597. The Hall–Kier alpha value is -0.960. The molecule has 0 fully saturated rings. The molecule has 76 valence electrons. The van der Waals surface area contributed by atoms with Gasteiger partial charge in [0.25, 0.3) is 0 Å². The molecule has 2 nitrogen and oxygen atoms in total. The van der Waals surface area contributed by atoms with Crippen molar-refractivity contribution in [2.24, 2.45) is 0 Å². The summed E-state index contributed by atoms with van der Waals surface area (Å²) in [4.78, 5) is 0. The lowest BCUT2D eigenvalue weighted by Crippen LogP contribution is -2.05. The molecule has 0 bridgehead atoms. The molecule has 0 saturated heterocycles. The summed E-state index contributed by atoms with van der Waals surface area (Å²) in [5.74, 6) is 1.97. The highest BCUT2D eigenvalue weighted by atomic mass is 32.2. The third-order valence-corrected chi connectivity index (χ3v) is 2.67. The second-order valence-electron chi connectivity index (χ2n) is 2.83. The molecule has 0 spiro atoms. The van der Waals surface area contributed by atoms with Gasteiger partial charge in [0.2, 0.25) is 0 Å². The molecule has 3 heteroatoms. The van der Waals surface area contributed by atoms with E-state index in [2.05, 4.69) is 12.1 Å². The van der Waals surface area contributed by atoms with Gasteiger partial charge in [0.15, 0.2) is 5.90 Å². The molecule has 0 aromatic heterocycles. The maximum absolute atomic E-state index is 7.41. The summed E-state index contributed by atoms with van der Waals surface area (Å²) in [6, 6.07) is 10.3. The van der Waals surface area contributed by atoms with Crippen LogP contribution in [0.4, 0.5) is 0 Å². The number of benzene rings is 1. The van der Waals surface area contributed by atoms with Crippen LogP contribution in [0.3, 0.4) is 0 Å². The number of nitrogens with one attached hydrogen (secondary N) is 1.